The minimum atomic E-state index is -0.905. The van der Waals surface area contributed by atoms with Gasteiger partial charge in [-0.1, -0.05) is 0 Å². The maximum atomic E-state index is 10.8. The van der Waals surface area contributed by atoms with Gasteiger partial charge in [-0.2, -0.15) is 0 Å². The van der Waals surface area contributed by atoms with Crippen LogP contribution in [0.15, 0.2) is 11.8 Å². The number of rotatable bonds is 2. The Bertz CT molecular complexity index is 222. The standard InChI is InChI=1S/C7H8O5/c1-10-7(9)6(8)2-5-3-11-4-12-5/h2H,3-4H2,1H3/b5-2-. The summed E-state index contributed by atoms with van der Waals surface area (Å²) >= 11 is 0. The topological polar surface area (TPSA) is 61.8 Å². The fourth-order valence-corrected chi connectivity index (χ4v) is 0.690. The fourth-order valence-electron chi connectivity index (χ4n) is 0.690. The van der Waals surface area contributed by atoms with Crippen molar-refractivity contribution in [1.29, 1.82) is 0 Å². The third-order valence-electron chi connectivity index (χ3n) is 1.25. The molecule has 1 saturated heterocycles. The Kier molecular flexibility index (Phi) is 2.82. The molecule has 1 aliphatic heterocycles. The summed E-state index contributed by atoms with van der Waals surface area (Å²) in [5.41, 5.74) is 0. The Labute approximate surface area is 68.9 Å². The third-order valence-corrected chi connectivity index (χ3v) is 1.25. The molecule has 0 N–H and O–H groups in total. The number of hydrogen-bond donors (Lipinski definition) is 0. The third kappa shape index (κ3) is 2.06. The van der Waals surface area contributed by atoms with E-state index in [0.29, 0.717) is 5.76 Å². The molecule has 0 saturated carbocycles. The molecule has 0 unspecified atom stereocenters. The molecule has 5 heteroatoms. The summed E-state index contributed by atoms with van der Waals surface area (Å²) in [7, 11) is 1.14. The van der Waals surface area contributed by atoms with E-state index in [1.807, 2.05) is 0 Å². The molecule has 0 aromatic carbocycles. The van der Waals surface area contributed by atoms with Crippen molar-refractivity contribution in [3.8, 4) is 0 Å². The van der Waals surface area contributed by atoms with Crippen molar-refractivity contribution in [2.45, 2.75) is 0 Å². The Morgan fingerprint density at radius 1 is 1.58 bits per heavy atom. The summed E-state index contributed by atoms with van der Waals surface area (Å²) in [6.45, 7) is 0.350. The van der Waals surface area contributed by atoms with Gasteiger partial charge in [0.05, 0.1) is 7.11 Å². The van der Waals surface area contributed by atoms with Crippen LogP contribution in [0.1, 0.15) is 0 Å². The summed E-state index contributed by atoms with van der Waals surface area (Å²) in [6.07, 6.45) is 1.07. The van der Waals surface area contributed by atoms with Crippen LogP contribution in [0.3, 0.4) is 0 Å². The molecule has 5 nitrogen and oxygen atoms in total. The second-order valence-electron chi connectivity index (χ2n) is 2.08. The Morgan fingerprint density at radius 2 is 2.33 bits per heavy atom. The van der Waals surface area contributed by atoms with E-state index in [1.165, 1.54) is 0 Å². The minimum absolute atomic E-state index is 0.125. The number of esters is 1. The zero-order valence-corrected chi connectivity index (χ0v) is 6.53. The molecule has 1 heterocycles. The van der Waals surface area contributed by atoms with Crippen LogP contribution < -0.4 is 0 Å². The zero-order chi connectivity index (χ0) is 8.97. The van der Waals surface area contributed by atoms with E-state index in [2.05, 4.69) is 4.74 Å². The van der Waals surface area contributed by atoms with Crippen LogP contribution in [0.4, 0.5) is 0 Å². The molecule has 0 bridgehead atoms. The van der Waals surface area contributed by atoms with Gasteiger partial charge >= 0.3 is 5.97 Å². The van der Waals surface area contributed by atoms with E-state index in [1.54, 1.807) is 0 Å². The summed E-state index contributed by atoms with van der Waals surface area (Å²) in [5.74, 6) is -1.29. The lowest BCUT2D eigenvalue weighted by atomic mass is 10.3. The number of ketones is 1. The van der Waals surface area contributed by atoms with Crippen LogP contribution in [-0.2, 0) is 23.8 Å². The molecule has 1 fully saturated rings. The largest absolute Gasteiger partial charge is 0.469 e. The Morgan fingerprint density at radius 3 is 2.83 bits per heavy atom. The van der Waals surface area contributed by atoms with Crippen LogP contribution in [-0.4, -0.2) is 32.3 Å². The van der Waals surface area contributed by atoms with Gasteiger partial charge in [0.1, 0.15) is 12.4 Å². The Balaban J connectivity index is 2.54. The predicted octanol–water partition coefficient (Wildman–Crippen LogP) is -0.383. The summed E-state index contributed by atoms with van der Waals surface area (Å²) in [4.78, 5) is 21.4. The van der Waals surface area contributed by atoms with E-state index in [0.717, 1.165) is 13.2 Å². The lowest BCUT2D eigenvalue weighted by Crippen LogP contribution is -2.13. The van der Waals surface area contributed by atoms with Gasteiger partial charge in [-0.15, -0.1) is 0 Å². The molecule has 0 amide bonds. The molecule has 0 atom stereocenters. The van der Waals surface area contributed by atoms with Gasteiger partial charge < -0.3 is 14.2 Å². The minimum Gasteiger partial charge on any atom is -0.469 e. The quantitative estimate of drug-likeness (QED) is 0.322. The SMILES string of the molecule is COC(=O)C(=O)/C=C1/COCO1. The molecule has 0 aromatic rings. The maximum absolute atomic E-state index is 10.8. The highest BCUT2D eigenvalue weighted by Gasteiger charge is 2.15. The molecule has 0 aromatic heterocycles. The molecule has 1 aliphatic rings. The molecule has 12 heavy (non-hydrogen) atoms. The summed E-state index contributed by atoms with van der Waals surface area (Å²) < 4.78 is 13.8. The van der Waals surface area contributed by atoms with Crippen LogP contribution in [0.5, 0.6) is 0 Å². The van der Waals surface area contributed by atoms with Crippen LogP contribution in [0, 0.1) is 0 Å². The highest BCUT2D eigenvalue weighted by molar-refractivity contribution is 6.38. The van der Waals surface area contributed by atoms with E-state index in [4.69, 9.17) is 9.47 Å². The number of hydrogen-bond acceptors (Lipinski definition) is 5. The fraction of sp³-hybridized carbons (Fsp3) is 0.429. The first-order chi connectivity index (χ1) is 5.74. The van der Waals surface area contributed by atoms with Crippen molar-refractivity contribution in [2.75, 3.05) is 20.5 Å². The average molecular weight is 172 g/mol. The molecular weight excluding hydrogens is 164 g/mol. The molecule has 0 radical (unpaired) electrons. The summed E-state index contributed by atoms with van der Waals surface area (Å²) in [5, 5.41) is 0. The molecule has 0 spiro atoms. The van der Waals surface area contributed by atoms with Crippen LogP contribution in [0.25, 0.3) is 0 Å². The van der Waals surface area contributed by atoms with Crippen molar-refractivity contribution >= 4 is 11.8 Å². The lowest BCUT2D eigenvalue weighted by Gasteiger charge is -1.94. The van der Waals surface area contributed by atoms with E-state index >= 15 is 0 Å². The highest BCUT2D eigenvalue weighted by atomic mass is 16.7. The lowest BCUT2D eigenvalue weighted by molar-refractivity contribution is -0.149. The first-order valence-electron chi connectivity index (χ1n) is 3.27. The number of carbonyl (C=O) groups excluding carboxylic acids is 2. The first-order valence-corrected chi connectivity index (χ1v) is 3.27. The normalized spacial score (nSPS) is 18.9. The van der Waals surface area contributed by atoms with Gasteiger partial charge in [-0.3, -0.25) is 4.79 Å². The monoisotopic (exact) mass is 172 g/mol. The number of ether oxygens (including phenoxy) is 3. The maximum Gasteiger partial charge on any atom is 0.378 e. The van der Waals surface area contributed by atoms with Gasteiger partial charge in [0.25, 0.3) is 5.78 Å². The molecule has 66 valence electrons. The van der Waals surface area contributed by atoms with Gasteiger partial charge in [0, 0.05) is 6.08 Å². The zero-order valence-electron chi connectivity index (χ0n) is 6.53. The van der Waals surface area contributed by atoms with Crippen molar-refractivity contribution < 1.29 is 23.8 Å². The van der Waals surface area contributed by atoms with Crippen molar-refractivity contribution in [3.63, 3.8) is 0 Å². The van der Waals surface area contributed by atoms with E-state index in [9.17, 15) is 9.59 Å². The van der Waals surface area contributed by atoms with Crippen molar-refractivity contribution in [3.05, 3.63) is 11.8 Å². The van der Waals surface area contributed by atoms with Gasteiger partial charge in [0.2, 0.25) is 0 Å². The second kappa shape index (κ2) is 3.87. The second-order valence-corrected chi connectivity index (χ2v) is 2.08. The van der Waals surface area contributed by atoms with E-state index in [-0.39, 0.29) is 13.4 Å². The van der Waals surface area contributed by atoms with Crippen LogP contribution in [0.2, 0.25) is 0 Å². The van der Waals surface area contributed by atoms with Crippen molar-refractivity contribution in [1.82, 2.24) is 0 Å². The van der Waals surface area contributed by atoms with Gasteiger partial charge in [-0.25, -0.2) is 4.79 Å². The Hall–Kier alpha value is -1.36. The average Bonchev–Trinajstić information content (AvgIpc) is 2.55. The van der Waals surface area contributed by atoms with E-state index < -0.39 is 11.8 Å². The first kappa shape index (κ1) is 8.73. The molecule has 1 rings (SSSR count). The number of carbonyl (C=O) groups is 2. The molecular formula is C7H8O5. The smallest absolute Gasteiger partial charge is 0.378 e. The van der Waals surface area contributed by atoms with Gasteiger partial charge in [0.15, 0.2) is 6.79 Å². The molecule has 0 aliphatic carbocycles. The number of methoxy groups -OCH3 is 1. The van der Waals surface area contributed by atoms with Gasteiger partial charge in [-0.05, 0) is 0 Å². The van der Waals surface area contributed by atoms with Crippen LogP contribution >= 0.6 is 0 Å². The van der Waals surface area contributed by atoms with Crippen molar-refractivity contribution in [2.24, 2.45) is 0 Å². The predicted molar refractivity (Wildman–Crippen MR) is 37.0 cm³/mol. The highest BCUT2D eigenvalue weighted by Crippen LogP contribution is 2.06. The summed E-state index contributed by atoms with van der Waals surface area (Å²) in [6, 6.07) is 0.